The van der Waals surface area contributed by atoms with E-state index in [2.05, 4.69) is 4.90 Å². The minimum Gasteiger partial charge on any atom is -0.378 e. The van der Waals surface area contributed by atoms with E-state index in [0.717, 1.165) is 32.0 Å². The molecule has 1 aromatic carbocycles. The number of anilines is 1. The van der Waals surface area contributed by atoms with Crippen LogP contribution in [0.15, 0.2) is 29.2 Å². The summed E-state index contributed by atoms with van der Waals surface area (Å²) in [4.78, 5) is 2.55. The van der Waals surface area contributed by atoms with E-state index < -0.39 is 10.7 Å². The number of ether oxygens (including phenoxy) is 1. The Balaban J connectivity index is 2.15. The molecule has 0 spiro atoms. The fourth-order valence-electron chi connectivity index (χ4n) is 1.61. The molecule has 1 aliphatic rings. The fourth-order valence-corrected chi connectivity index (χ4v) is 2.00. The van der Waals surface area contributed by atoms with Gasteiger partial charge in [0.25, 0.3) is 0 Å². The number of hydrogen-bond donors (Lipinski definition) is 1. The predicted octanol–water partition coefficient (Wildman–Crippen LogP) is 0.494. The van der Waals surface area contributed by atoms with Gasteiger partial charge in [-0.25, -0.2) is 8.42 Å². The van der Waals surface area contributed by atoms with Gasteiger partial charge in [0.2, 0.25) is 0 Å². The average Bonchev–Trinajstić information content (AvgIpc) is 2.30. The second-order valence-electron chi connectivity index (χ2n) is 3.37. The van der Waals surface area contributed by atoms with Crippen molar-refractivity contribution in [2.24, 2.45) is 0 Å². The Hall–Kier alpha value is -1.07. The maximum atomic E-state index is 10.7. The first-order valence-electron chi connectivity index (χ1n) is 4.84. The molecular formula is C10H13NO3S. The molecule has 0 N–H and O–H groups in total. The van der Waals surface area contributed by atoms with E-state index in [1.165, 1.54) is 0 Å². The molecule has 2 rings (SSSR count). The van der Waals surface area contributed by atoms with Gasteiger partial charge in [-0.2, -0.15) is 0 Å². The summed E-state index contributed by atoms with van der Waals surface area (Å²) in [6.07, 6.45) is 0. The number of thiol groups is 1. The molecule has 0 amide bonds. The Morgan fingerprint density at radius 2 is 1.67 bits per heavy atom. The van der Waals surface area contributed by atoms with Gasteiger partial charge < -0.3 is 9.64 Å². The third-order valence-corrected chi connectivity index (χ3v) is 3.16. The first-order chi connectivity index (χ1) is 7.27. The summed E-state index contributed by atoms with van der Waals surface area (Å²) in [6.45, 7) is 3.20. The zero-order valence-electron chi connectivity index (χ0n) is 8.26. The van der Waals surface area contributed by atoms with Crippen LogP contribution in [0.25, 0.3) is 0 Å². The van der Waals surface area contributed by atoms with Gasteiger partial charge in [0.1, 0.15) is 0 Å². The molecule has 82 valence electrons. The lowest BCUT2D eigenvalue weighted by atomic mass is 10.2. The van der Waals surface area contributed by atoms with E-state index >= 15 is 0 Å². The fraction of sp³-hybridized carbons (Fsp3) is 0.400. The highest BCUT2D eigenvalue weighted by atomic mass is 32.2. The van der Waals surface area contributed by atoms with Crippen molar-refractivity contribution in [2.45, 2.75) is 4.90 Å². The van der Waals surface area contributed by atoms with E-state index in [4.69, 9.17) is 4.74 Å². The van der Waals surface area contributed by atoms with Crippen molar-refractivity contribution in [3.63, 3.8) is 0 Å². The SMILES string of the molecule is O=[SH](=O)c1ccc(N2CCOCC2)cc1. The largest absolute Gasteiger partial charge is 0.378 e. The minimum atomic E-state index is -2.47. The minimum absolute atomic E-state index is 0.363. The molecule has 1 fully saturated rings. The van der Waals surface area contributed by atoms with Crippen LogP contribution in [0.5, 0.6) is 0 Å². The smallest absolute Gasteiger partial charge is 0.168 e. The summed E-state index contributed by atoms with van der Waals surface area (Å²) in [5, 5.41) is 0. The monoisotopic (exact) mass is 227 g/mol. The van der Waals surface area contributed by atoms with Crippen LogP contribution in [0.4, 0.5) is 5.69 Å². The topological polar surface area (TPSA) is 46.6 Å². The normalized spacial score (nSPS) is 17.0. The van der Waals surface area contributed by atoms with Crippen LogP contribution in [0.1, 0.15) is 0 Å². The highest BCUT2D eigenvalue weighted by molar-refractivity contribution is 7.72. The molecule has 4 nitrogen and oxygen atoms in total. The van der Waals surface area contributed by atoms with Crippen LogP contribution in [0, 0.1) is 0 Å². The molecule has 0 aliphatic carbocycles. The Morgan fingerprint density at radius 1 is 1.07 bits per heavy atom. The van der Waals surface area contributed by atoms with Gasteiger partial charge in [-0.15, -0.1) is 0 Å². The summed E-state index contributed by atoms with van der Waals surface area (Å²) >= 11 is 0. The summed E-state index contributed by atoms with van der Waals surface area (Å²) in [5.41, 5.74) is 1.05. The van der Waals surface area contributed by atoms with Crippen molar-refractivity contribution < 1.29 is 13.2 Å². The summed E-state index contributed by atoms with van der Waals surface area (Å²) < 4.78 is 26.6. The second-order valence-corrected chi connectivity index (χ2v) is 4.40. The van der Waals surface area contributed by atoms with E-state index in [-0.39, 0.29) is 0 Å². The van der Waals surface area contributed by atoms with E-state index in [0.29, 0.717) is 4.90 Å². The highest BCUT2D eigenvalue weighted by Crippen LogP contribution is 2.16. The summed E-state index contributed by atoms with van der Waals surface area (Å²) in [6, 6.07) is 6.95. The van der Waals surface area contributed by atoms with Gasteiger partial charge in [-0.3, -0.25) is 0 Å². The Bertz CT molecular complexity index is 386. The molecule has 1 heterocycles. The molecule has 0 saturated carbocycles. The van der Waals surface area contributed by atoms with Crippen LogP contribution in [0.2, 0.25) is 0 Å². The molecule has 1 aromatic rings. The van der Waals surface area contributed by atoms with Gasteiger partial charge in [-0.05, 0) is 24.3 Å². The van der Waals surface area contributed by atoms with Crippen LogP contribution in [-0.4, -0.2) is 34.7 Å². The maximum absolute atomic E-state index is 10.7. The quantitative estimate of drug-likeness (QED) is 0.747. The third kappa shape index (κ3) is 2.49. The number of benzene rings is 1. The van der Waals surface area contributed by atoms with Gasteiger partial charge in [0.15, 0.2) is 10.7 Å². The Labute approximate surface area is 90.4 Å². The van der Waals surface area contributed by atoms with Crippen molar-refractivity contribution in [1.82, 2.24) is 0 Å². The number of nitrogens with zero attached hydrogens (tertiary/aromatic N) is 1. The molecule has 1 saturated heterocycles. The molecule has 5 heteroatoms. The zero-order valence-corrected chi connectivity index (χ0v) is 9.15. The standard InChI is InChI=1S/C10H13NO3S/c12-15(13)10-3-1-9(2-4-10)11-5-7-14-8-6-11/h1-4,15H,5-8H2. The van der Waals surface area contributed by atoms with Crippen LogP contribution >= 0.6 is 0 Å². The first kappa shape index (κ1) is 10.4. The van der Waals surface area contributed by atoms with Crippen LogP contribution < -0.4 is 4.90 Å². The maximum Gasteiger partial charge on any atom is 0.168 e. The van der Waals surface area contributed by atoms with E-state index in [1.807, 2.05) is 12.1 Å². The summed E-state index contributed by atoms with van der Waals surface area (Å²) in [7, 11) is -2.47. The van der Waals surface area contributed by atoms with Gasteiger partial charge in [0, 0.05) is 18.8 Å². The third-order valence-electron chi connectivity index (χ3n) is 2.44. The molecule has 0 aromatic heterocycles. The Kier molecular flexibility index (Phi) is 3.23. The predicted molar refractivity (Wildman–Crippen MR) is 58.1 cm³/mol. The molecule has 0 atom stereocenters. The summed E-state index contributed by atoms with van der Waals surface area (Å²) in [5.74, 6) is 0. The van der Waals surface area contributed by atoms with Crippen molar-refractivity contribution in [3.05, 3.63) is 24.3 Å². The number of rotatable bonds is 2. The van der Waals surface area contributed by atoms with Gasteiger partial charge in [-0.1, -0.05) is 0 Å². The van der Waals surface area contributed by atoms with Crippen LogP contribution in [-0.2, 0) is 15.4 Å². The molecular weight excluding hydrogens is 214 g/mol. The van der Waals surface area contributed by atoms with Crippen molar-refractivity contribution >= 4 is 16.4 Å². The van der Waals surface area contributed by atoms with Gasteiger partial charge in [0.05, 0.1) is 18.1 Å². The highest BCUT2D eigenvalue weighted by Gasteiger charge is 2.10. The lowest BCUT2D eigenvalue weighted by molar-refractivity contribution is 0.122. The van der Waals surface area contributed by atoms with Gasteiger partial charge >= 0.3 is 0 Å². The van der Waals surface area contributed by atoms with Crippen molar-refractivity contribution in [1.29, 1.82) is 0 Å². The lowest BCUT2D eigenvalue weighted by Gasteiger charge is -2.28. The average molecular weight is 227 g/mol. The molecule has 0 unspecified atom stereocenters. The second kappa shape index (κ2) is 4.63. The van der Waals surface area contributed by atoms with Crippen molar-refractivity contribution in [3.8, 4) is 0 Å². The van der Waals surface area contributed by atoms with Crippen molar-refractivity contribution in [2.75, 3.05) is 31.2 Å². The first-order valence-corrected chi connectivity index (χ1v) is 6.02. The number of hydrogen-bond acceptors (Lipinski definition) is 4. The Morgan fingerprint density at radius 3 is 2.20 bits per heavy atom. The molecule has 15 heavy (non-hydrogen) atoms. The number of morpholine rings is 1. The van der Waals surface area contributed by atoms with Crippen LogP contribution in [0.3, 0.4) is 0 Å². The molecule has 0 bridgehead atoms. The zero-order chi connectivity index (χ0) is 10.7. The van der Waals surface area contributed by atoms with E-state index in [1.54, 1.807) is 12.1 Å². The molecule has 1 aliphatic heterocycles. The molecule has 0 radical (unpaired) electrons. The lowest BCUT2D eigenvalue weighted by Crippen LogP contribution is -2.36. The van der Waals surface area contributed by atoms with E-state index in [9.17, 15) is 8.42 Å².